The SMILES string of the molecule is CC(C)(C)OC(=O)CC1CCC(N(C(=O)OC(C)(C)C)[C@H]2C[C@@H]2c2cnc(Br)s2)CC1. The van der Waals surface area contributed by atoms with E-state index in [1.807, 2.05) is 52.6 Å². The number of aromatic nitrogens is 1. The molecule has 8 heteroatoms. The molecule has 174 valence electrons. The standard InChI is InChI=1S/C23H35BrN2O4S/c1-22(2,3)29-19(27)11-14-7-9-15(10-8-14)26(21(28)30-23(4,5)6)17-12-16(17)18-13-25-20(24)31-18/h13-17H,7-12H2,1-6H3/t14?,15?,16-,17-/m0/s1. The topological polar surface area (TPSA) is 68.7 Å². The Hall–Kier alpha value is -1.15. The molecule has 0 unspecified atom stereocenters. The third kappa shape index (κ3) is 7.17. The Morgan fingerprint density at radius 1 is 1.10 bits per heavy atom. The summed E-state index contributed by atoms with van der Waals surface area (Å²) in [5.74, 6) is 0.521. The number of amides is 1. The molecule has 0 spiro atoms. The van der Waals surface area contributed by atoms with Crippen molar-refractivity contribution in [2.45, 2.75) is 109 Å². The number of carbonyl (C=O) groups excluding carboxylic acids is 2. The van der Waals surface area contributed by atoms with Crippen molar-refractivity contribution in [1.82, 2.24) is 9.88 Å². The number of esters is 1. The molecule has 0 radical (unpaired) electrons. The molecule has 2 saturated carbocycles. The highest BCUT2D eigenvalue weighted by molar-refractivity contribution is 9.11. The molecule has 0 aromatic carbocycles. The predicted molar refractivity (Wildman–Crippen MR) is 125 cm³/mol. The molecule has 2 aliphatic carbocycles. The molecule has 1 amide bonds. The zero-order valence-corrected chi connectivity index (χ0v) is 21.8. The van der Waals surface area contributed by atoms with Crippen LogP contribution in [-0.2, 0) is 14.3 Å². The molecule has 0 bridgehead atoms. The molecule has 0 saturated heterocycles. The number of rotatable bonds is 5. The van der Waals surface area contributed by atoms with Crippen LogP contribution in [0.25, 0.3) is 0 Å². The Bertz CT molecular complexity index is 790. The van der Waals surface area contributed by atoms with Gasteiger partial charge in [0.1, 0.15) is 11.2 Å². The van der Waals surface area contributed by atoms with E-state index >= 15 is 0 Å². The van der Waals surface area contributed by atoms with E-state index in [0.717, 1.165) is 36.0 Å². The lowest BCUT2D eigenvalue weighted by molar-refractivity contribution is -0.156. The first-order chi connectivity index (χ1) is 14.3. The van der Waals surface area contributed by atoms with Gasteiger partial charge >= 0.3 is 12.1 Å². The smallest absolute Gasteiger partial charge is 0.410 e. The summed E-state index contributed by atoms with van der Waals surface area (Å²) in [5.41, 5.74) is -0.977. The second kappa shape index (κ2) is 9.38. The lowest BCUT2D eigenvalue weighted by Gasteiger charge is -2.38. The fourth-order valence-electron chi connectivity index (χ4n) is 4.35. The van der Waals surface area contributed by atoms with Gasteiger partial charge in [-0.2, -0.15) is 0 Å². The van der Waals surface area contributed by atoms with Gasteiger partial charge in [-0.15, -0.1) is 11.3 Å². The van der Waals surface area contributed by atoms with E-state index in [4.69, 9.17) is 9.47 Å². The van der Waals surface area contributed by atoms with Crippen LogP contribution in [0, 0.1) is 5.92 Å². The lowest BCUT2D eigenvalue weighted by Crippen LogP contribution is -2.46. The van der Waals surface area contributed by atoms with Gasteiger partial charge in [0, 0.05) is 35.5 Å². The summed E-state index contributed by atoms with van der Waals surface area (Å²) in [6.07, 6.45) is 6.72. The maximum atomic E-state index is 13.1. The van der Waals surface area contributed by atoms with Crippen LogP contribution >= 0.6 is 27.3 Å². The van der Waals surface area contributed by atoms with Crippen LogP contribution in [0.2, 0.25) is 0 Å². The summed E-state index contributed by atoms with van der Waals surface area (Å²) in [6, 6.07) is 0.311. The van der Waals surface area contributed by atoms with Crippen molar-refractivity contribution in [3.63, 3.8) is 0 Å². The van der Waals surface area contributed by atoms with Crippen LogP contribution in [0.1, 0.15) is 90.9 Å². The van der Waals surface area contributed by atoms with Gasteiger partial charge in [-0.25, -0.2) is 9.78 Å². The molecule has 3 rings (SSSR count). The quantitative estimate of drug-likeness (QED) is 0.431. The van der Waals surface area contributed by atoms with Crippen LogP contribution in [-0.4, -0.2) is 45.2 Å². The molecule has 0 N–H and O–H groups in total. The first kappa shape index (κ1) is 24.5. The predicted octanol–water partition coefficient (Wildman–Crippen LogP) is 6.29. The highest BCUT2D eigenvalue weighted by Crippen LogP contribution is 2.49. The summed E-state index contributed by atoms with van der Waals surface area (Å²) in [4.78, 5) is 32.9. The van der Waals surface area contributed by atoms with E-state index < -0.39 is 11.2 Å². The zero-order chi connectivity index (χ0) is 23.0. The Kier molecular flexibility index (Phi) is 7.41. The van der Waals surface area contributed by atoms with Gasteiger partial charge in [-0.05, 0) is 95.5 Å². The van der Waals surface area contributed by atoms with Gasteiger partial charge < -0.3 is 14.4 Å². The summed E-state index contributed by atoms with van der Waals surface area (Å²) >= 11 is 5.08. The minimum atomic E-state index is -0.527. The van der Waals surface area contributed by atoms with Crippen molar-refractivity contribution in [3.05, 3.63) is 15.0 Å². The third-order valence-electron chi connectivity index (χ3n) is 5.66. The van der Waals surface area contributed by atoms with Crippen LogP contribution in [0.4, 0.5) is 4.79 Å². The van der Waals surface area contributed by atoms with E-state index in [0.29, 0.717) is 18.3 Å². The maximum absolute atomic E-state index is 13.1. The van der Waals surface area contributed by atoms with Crippen LogP contribution in [0.3, 0.4) is 0 Å². The Morgan fingerprint density at radius 3 is 2.23 bits per heavy atom. The molecule has 1 aromatic rings. The van der Waals surface area contributed by atoms with Crippen molar-refractivity contribution in [2.75, 3.05) is 0 Å². The molecule has 31 heavy (non-hydrogen) atoms. The number of ether oxygens (including phenoxy) is 2. The number of nitrogens with zero attached hydrogens (tertiary/aromatic N) is 2. The van der Waals surface area contributed by atoms with Crippen LogP contribution in [0.5, 0.6) is 0 Å². The summed E-state index contributed by atoms with van der Waals surface area (Å²) in [5, 5.41) is 0. The van der Waals surface area contributed by atoms with Crippen LogP contribution in [0.15, 0.2) is 10.1 Å². The van der Waals surface area contributed by atoms with Gasteiger partial charge in [-0.3, -0.25) is 4.79 Å². The maximum Gasteiger partial charge on any atom is 0.410 e. The number of halogens is 1. The van der Waals surface area contributed by atoms with Crippen molar-refractivity contribution < 1.29 is 19.1 Å². The van der Waals surface area contributed by atoms with Crippen molar-refractivity contribution >= 4 is 39.3 Å². The molecular weight excluding hydrogens is 480 g/mol. The van der Waals surface area contributed by atoms with Gasteiger partial charge in [-0.1, -0.05) is 0 Å². The summed E-state index contributed by atoms with van der Waals surface area (Å²) in [7, 11) is 0. The Labute approximate surface area is 198 Å². The van der Waals surface area contributed by atoms with Crippen molar-refractivity contribution in [2.24, 2.45) is 5.92 Å². The average molecular weight is 516 g/mol. The van der Waals surface area contributed by atoms with E-state index in [1.165, 1.54) is 4.88 Å². The van der Waals surface area contributed by atoms with Crippen LogP contribution < -0.4 is 0 Å². The molecule has 2 atom stereocenters. The second-order valence-corrected chi connectivity index (χ2v) is 13.1. The minimum absolute atomic E-state index is 0.127. The highest BCUT2D eigenvalue weighted by atomic mass is 79.9. The van der Waals surface area contributed by atoms with E-state index in [-0.39, 0.29) is 24.1 Å². The van der Waals surface area contributed by atoms with Gasteiger partial charge in [0.25, 0.3) is 0 Å². The third-order valence-corrected chi connectivity index (χ3v) is 7.27. The van der Waals surface area contributed by atoms with Gasteiger partial charge in [0.2, 0.25) is 0 Å². The molecule has 1 heterocycles. The Balaban J connectivity index is 1.63. The van der Waals surface area contributed by atoms with E-state index in [2.05, 4.69) is 20.9 Å². The number of thiazole rings is 1. The summed E-state index contributed by atoms with van der Waals surface area (Å²) in [6.45, 7) is 11.4. The van der Waals surface area contributed by atoms with E-state index in [1.54, 1.807) is 11.3 Å². The van der Waals surface area contributed by atoms with Gasteiger partial charge in [0.15, 0.2) is 3.92 Å². The number of carbonyl (C=O) groups is 2. The van der Waals surface area contributed by atoms with Crippen molar-refractivity contribution in [1.29, 1.82) is 0 Å². The average Bonchev–Trinajstić information content (AvgIpc) is 3.25. The van der Waals surface area contributed by atoms with Crippen molar-refractivity contribution in [3.8, 4) is 0 Å². The molecule has 0 aliphatic heterocycles. The summed E-state index contributed by atoms with van der Waals surface area (Å²) < 4.78 is 12.1. The van der Waals surface area contributed by atoms with E-state index in [9.17, 15) is 9.59 Å². The largest absolute Gasteiger partial charge is 0.460 e. The second-order valence-electron chi connectivity index (χ2n) is 10.8. The molecular formula is C23H35BrN2O4S. The number of hydrogen-bond acceptors (Lipinski definition) is 6. The molecule has 2 aliphatic rings. The monoisotopic (exact) mass is 514 g/mol. The van der Waals surface area contributed by atoms with Gasteiger partial charge in [0.05, 0.1) is 0 Å². The Morgan fingerprint density at radius 2 is 1.71 bits per heavy atom. The minimum Gasteiger partial charge on any atom is -0.460 e. The first-order valence-corrected chi connectivity index (χ1v) is 12.8. The molecule has 6 nitrogen and oxygen atoms in total. The molecule has 1 aromatic heterocycles. The first-order valence-electron chi connectivity index (χ1n) is 11.2. The number of hydrogen-bond donors (Lipinski definition) is 0. The fourth-order valence-corrected chi connectivity index (χ4v) is 5.82. The normalized spacial score (nSPS) is 26.3. The fraction of sp³-hybridized carbons (Fsp3) is 0.783. The highest BCUT2D eigenvalue weighted by Gasteiger charge is 2.49. The zero-order valence-electron chi connectivity index (χ0n) is 19.4. The molecule has 2 fully saturated rings. The lowest BCUT2D eigenvalue weighted by atomic mass is 9.83.